The maximum absolute atomic E-state index is 12.8. The zero-order valence-corrected chi connectivity index (χ0v) is 49.6. The predicted molar refractivity (Wildman–Crippen MR) is 308 cm³/mol. The number of amides is 4. The van der Waals surface area contributed by atoms with Gasteiger partial charge >= 0.3 is 0 Å². The van der Waals surface area contributed by atoms with E-state index in [2.05, 4.69) is 41.6 Å². The van der Waals surface area contributed by atoms with Gasteiger partial charge in [-0.3, -0.25) is 19.2 Å². The number of nitrogens with two attached hydrogens (primary N) is 3. The molecule has 2 unspecified atom stereocenters. The molecule has 0 aromatic rings. The lowest BCUT2D eigenvalue weighted by atomic mass is 10.1. The molecular formula is C57H130N6O4. The first-order chi connectivity index (χ1) is 32.8. The van der Waals surface area contributed by atoms with Gasteiger partial charge in [-0.15, -0.1) is 6.58 Å². The quantitative estimate of drug-likeness (QED) is 0.0281. The second kappa shape index (κ2) is 105. The van der Waals surface area contributed by atoms with E-state index in [1.54, 1.807) is 6.08 Å². The average Bonchev–Trinajstić information content (AvgIpc) is 3.39. The summed E-state index contributed by atoms with van der Waals surface area (Å²) < 4.78 is 0. The summed E-state index contributed by atoms with van der Waals surface area (Å²) in [4.78, 5) is 49.3. The van der Waals surface area contributed by atoms with Crippen LogP contribution in [0.2, 0.25) is 0 Å². The molecule has 0 bridgehead atoms. The number of carbonyl (C=O) groups is 4. The summed E-state index contributed by atoms with van der Waals surface area (Å²) in [7, 11) is 0. The molecule has 9 N–H and O–H groups in total. The van der Waals surface area contributed by atoms with Gasteiger partial charge in [-0.1, -0.05) is 208 Å². The summed E-state index contributed by atoms with van der Waals surface area (Å²) in [6.07, 6.45) is 29.3. The predicted octanol–water partition coefficient (Wildman–Crippen LogP) is 15.8. The van der Waals surface area contributed by atoms with E-state index in [-0.39, 0.29) is 30.6 Å². The van der Waals surface area contributed by atoms with Gasteiger partial charge in [0.25, 0.3) is 0 Å². The van der Waals surface area contributed by atoms with Gasteiger partial charge in [0.15, 0.2) is 0 Å². The fraction of sp³-hybridized carbons (Fsp3) is 0.860. The SMILES string of the molecule is C=CC.CC.CC.CC.CC.CC.CC.CC.CC.CC.CCCCCCCC/C=C\CCCCCCCCNC(=O)C(CCCCN)NC(=O)CCCCC(=O)NC(CCCCN)C(N)=O. The van der Waals surface area contributed by atoms with Crippen LogP contribution in [0.15, 0.2) is 24.8 Å². The van der Waals surface area contributed by atoms with Gasteiger partial charge in [0.2, 0.25) is 23.6 Å². The minimum Gasteiger partial charge on any atom is -0.368 e. The van der Waals surface area contributed by atoms with Crippen molar-refractivity contribution in [3.8, 4) is 0 Å². The Morgan fingerprint density at radius 3 is 1.12 bits per heavy atom. The number of carbonyl (C=O) groups excluding carboxylic acids is 4. The van der Waals surface area contributed by atoms with Crippen molar-refractivity contribution in [2.24, 2.45) is 17.2 Å². The second-order valence-corrected chi connectivity index (χ2v) is 13.1. The van der Waals surface area contributed by atoms with Crippen molar-refractivity contribution in [3.63, 3.8) is 0 Å². The van der Waals surface area contributed by atoms with Crippen molar-refractivity contribution >= 4 is 23.6 Å². The Hall–Kier alpha value is -2.72. The van der Waals surface area contributed by atoms with Crippen molar-refractivity contribution in [2.45, 2.75) is 305 Å². The highest BCUT2D eigenvalue weighted by Crippen LogP contribution is 2.10. The molecular weight excluding hydrogens is 833 g/mol. The highest BCUT2D eigenvalue weighted by molar-refractivity contribution is 5.88. The fourth-order valence-electron chi connectivity index (χ4n) is 5.35. The van der Waals surface area contributed by atoms with Crippen LogP contribution >= 0.6 is 0 Å². The first kappa shape index (κ1) is 90.7. The van der Waals surface area contributed by atoms with E-state index in [0.717, 1.165) is 32.1 Å². The number of unbranched alkanes of at least 4 members (excludes halogenated alkanes) is 15. The van der Waals surface area contributed by atoms with Gasteiger partial charge in [-0.25, -0.2) is 0 Å². The minimum atomic E-state index is -0.702. The third-order valence-corrected chi connectivity index (χ3v) is 8.27. The van der Waals surface area contributed by atoms with Crippen LogP contribution in [0.1, 0.15) is 293 Å². The molecule has 0 heterocycles. The van der Waals surface area contributed by atoms with Gasteiger partial charge in [0, 0.05) is 19.4 Å². The van der Waals surface area contributed by atoms with Crippen molar-refractivity contribution in [3.05, 3.63) is 24.8 Å². The summed E-state index contributed by atoms with van der Waals surface area (Å²) >= 11 is 0. The normalized spacial score (nSPS) is 9.64. The number of allylic oxidation sites excluding steroid dienone is 3. The minimum absolute atomic E-state index is 0.148. The molecule has 4 amide bonds. The Balaban J connectivity index is -0.000000144. The summed E-state index contributed by atoms with van der Waals surface area (Å²) in [5.74, 6) is -1.18. The molecule has 0 fully saturated rings. The molecule has 0 aliphatic rings. The molecule has 0 aromatic carbocycles. The highest BCUT2D eigenvalue weighted by atomic mass is 16.2. The van der Waals surface area contributed by atoms with Crippen LogP contribution < -0.4 is 33.2 Å². The summed E-state index contributed by atoms with van der Waals surface area (Å²) in [6, 6.07) is -1.28. The van der Waals surface area contributed by atoms with Crippen LogP contribution in [0, 0.1) is 0 Å². The Kier molecular flexibility index (Phi) is 143. The molecule has 0 saturated carbocycles. The van der Waals surface area contributed by atoms with E-state index < -0.39 is 18.0 Å². The smallest absolute Gasteiger partial charge is 0.242 e. The monoisotopic (exact) mass is 963 g/mol. The van der Waals surface area contributed by atoms with Crippen LogP contribution in [0.4, 0.5) is 0 Å². The number of hydrogen-bond donors (Lipinski definition) is 6. The van der Waals surface area contributed by atoms with E-state index in [4.69, 9.17) is 17.2 Å². The van der Waals surface area contributed by atoms with Crippen LogP contribution in [-0.4, -0.2) is 55.3 Å². The van der Waals surface area contributed by atoms with Gasteiger partial charge in [-0.05, 0) is 103 Å². The largest absolute Gasteiger partial charge is 0.368 e. The first-order valence-electron chi connectivity index (χ1n) is 28.5. The maximum atomic E-state index is 12.8. The molecule has 10 nitrogen and oxygen atoms in total. The summed E-state index contributed by atoms with van der Waals surface area (Å²) in [5, 5.41) is 8.55. The molecule has 10 heteroatoms. The molecule has 0 spiro atoms. The zero-order valence-electron chi connectivity index (χ0n) is 49.6. The van der Waals surface area contributed by atoms with E-state index in [0.29, 0.717) is 51.7 Å². The maximum Gasteiger partial charge on any atom is 0.242 e. The van der Waals surface area contributed by atoms with Gasteiger partial charge in [0.05, 0.1) is 0 Å². The van der Waals surface area contributed by atoms with E-state index in [1.807, 2.05) is 132 Å². The Labute approximate surface area is 423 Å². The first-order valence-corrected chi connectivity index (χ1v) is 28.5. The van der Waals surface area contributed by atoms with Gasteiger partial charge < -0.3 is 33.2 Å². The molecule has 0 radical (unpaired) electrons. The van der Waals surface area contributed by atoms with E-state index in [1.165, 1.54) is 77.0 Å². The third kappa shape index (κ3) is 97.9. The molecule has 0 aliphatic heterocycles. The Morgan fingerprint density at radius 1 is 0.463 bits per heavy atom. The van der Waals surface area contributed by atoms with Crippen molar-refractivity contribution in [1.82, 2.24) is 16.0 Å². The Morgan fingerprint density at radius 2 is 0.776 bits per heavy atom. The molecule has 0 rings (SSSR count). The third-order valence-electron chi connectivity index (χ3n) is 8.27. The van der Waals surface area contributed by atoms with Crippen LogP contribution in [0.25, 0.3) is 0 Å². The van der Waals surface area contributed by atoms with Crippen LogP contribution in [0.3, 0.4) is 0 Å². The molecule has 412 valence electrons. The summed E-state index contributed by atoms with van der Waals surface area (Å²) in [5.41, 5.74) is 16.5. The average molecular weight is 964 g/mol. The topological polar surface area (TPSA) is 182 Å². The number of primary amides is 1. The van der Waals surface area contributed by atoms with Gasteiger partial charge in [-0.2, -0.15) is 0 Å². The fourth-order valence-corrected chi connectivity index (χ4v) is 5.35. The van der Waals surface area contributed by atoms with Crippen LogP contribution in [-0.2, 0) is 19.2 Å². The van der Waals surface area contributed by atoms with Gasteiger partial charge in [0.1, 0.15) is 12.1 Å². The molecule has 2 atom stereocenters. The summed E-state index contributed by atoms with van der Waals surface area (Å²) in [6.45, 7) is 45.2. The lowest BCUT2D eigenvalue weighted by molar-refractivity contribution is -0.129. The van der Waals surface area contributed by atoms with Crippen molar-refractivity contribution in [2.75, 3.05) is 19.6 Å². The Bertz CT molecular complexity index is 856. The van der Waals surface area contributed by atoms with E-state index in [9.17, 15) is 19.2 Å². The lowest BCUT2D eigenvalue weighted by Gasteiger charge is -2.18. The molecule has 0 aromatic heterocycles. The standard InChI is InChI=1S/C36H70N6O4.C3H6.9C2H6/c1-2-3-4-5-6-7-8-9-10-11-12-13-14-15-16-23-30-40-36(46)32(25-20-22-29-38)42-34(44)27-18-17-26-33(43)41-31(35(39)45)24-19-21-28-37;1-3-2;9*1-2/h9-10,31-32H,2-8,11-30,37-38H2,1H3,(H2,39,45)(H,40,46)(H,41,43)(H,42,44);3H,1H2,2H3;9*1-2H3/b10-9-;;;;;;;;;;. The number of nitrogens with one attached hydrogen (secondary N) is 3. The second-order valence-electron chi connectivity index (χ2n) is 13.1. The number of rotatable bonds is 33. The lowest BCUT2D eigenvalue weighted by Crippen LogP contribution is -2.47. The number of hydrogen-bond acceptors (Lipinski definition) is 6. The van der Waals surface area contributed by atoms with Crippen LogP contribution in [0.5, 0.6) is 0 Å². The highest BCUT2D eigenvalue weighted by Gasteiger charge is 2.20. The molecule has 0 saturated heterocycles. The van der Waals surface area contributed by atoms with Crippen molar-refractivity contribution < 1.29 is 19.2 Å². The van der Waals surface area contributed by atoms with E-state index >= 15 is 0 Å². The zero-order chi connectivity index (χ0) is 54.8. The molecule has 0 aliphatic carbocycles. The van der Waals surface area contributed by atoms with Crippen molar-refractivity contribution in [1.29, 1.82) is 0 Å². The molecule has 67 heavy (non-hydrogen) atoms.